The van der Waals surface area contributed by atoms with Gasteiger partial charge in [-0.25, -0.2) is 9.59 Å². The van der Waals surface area contributed by atoms with Gasteiger partial charge in [-0.15, -0.1) is 0 Å². The molecule has 0 bridgehead atoms. The topological polar surface area (TPSA) is 263 Å². The van der Waals surface area contributed by atoms with Crippen molar-refractivity contribution >= 4 is 23.3 Å². The van der Waals surface area contributed by atoms with E-state index in [1.54, 1.807) is 24.3 Å². The Morgan fingerprint density at radius 1 is 0.686 bits per heavy atom. The summed E-state index contributed by atoms with van der Waals surface area (Å²) in [7, 11) is 1.00. The molecule has 0 saturated heterocycles. The number of hydrogen-bond acceptors (Lipinski definition) is 10. The van der Waals surface area contributed by atoms with Crippen LogP contribution in [0.4, 0.5) is 11.4 Å². The van der Waals surface area contributed by atoms with E-state index in [1.165, 1.54) is 36.4 Å². The Morgan fingerprint density at radius 3 is 1.54 bits per heavy atom. The van der Waals surface area contributed by atoms with Crippen LogP contribution in [0.5, 0.6) is 11.5 Å². The molecule has 0 aromatic heterocycles. The number of para-hydroxylation sites is 2. The quantitative estimate of drug-likeness (QED) is 0.184. The first-order valence-corrected chi connectivity index (χ1v) is 9.47. The molecule has 3 rings (SSSR count). The summed E-state index contributed by atoms with van der Waals surface area (Å²) in [5.74, 6) is -2.05. The van der Waals surface area contributed by atoms with Crippen molar-refractivity contribution in [2.75, 3.05) is 18.6 Å². The van der Waals surface area contributed by atoms with E-state index in [0.717, 1.165) is 7.11 Å². The number of aliphatic hydroxyl groups excluding tert-OH is 3. The molecule has 0 heterocycles. The van der Waals surface area contributed by atoms with Gasteiger partial charge in [0.2, 0.25) is 0 Å². The van der Waals surface area contributed by atoms with Crippen molar-refractivity contribution in [2.45, 2.75) is 13.2 Å². The van der Waals surface area contributed by atoms with Crippen LogP contribution in [-0.4, -0.2) is 54.8 Å². The second kappa shape index (κ2) is 17.2. The van der Waals surface area contributed by atoms with Crippen molar-refractivity contribution in [3.8, 4) is 11.5 Å². The van der Waals surface area contributed by atoms with E-state index in [1.807, 2.05) is 0 Å². The van der Waals surface area contributed by atoms with E-state index >= 15 is 0 Å². The normalized spacial score (nSPS) is 8.91. The number of nitrogen functional groups attached to an aromatic ring is 2. The van der Waals surface area contributed by atoms with Crippen LogP contribution in [-0.2, 0) is 13.2 Å². The highest BCUT2D eigenvalue weighted by molar-refractivity contribution is 5.88. The summed E-state index contributed by atoms with van der Waals surface area (Å²) in [6.07, 6.45) is 0. The number of benzene rings is 3. The van der Waals surface area contributed by atoms with E-state index in [0.29, 0.717) is 16.9 Å². The molecule has 0 amide bonds. The van der Waals surface area contributed by atoms with Gasteiger partial charge in [-0.2, -0.15) is 0 Å². The van der Waals surface area contributed by atoms with Gasteiger partial charge >= 0.3 is 11.9 Å². The molecule has 3 aromatic carbocycles. The maximum Gasteiger partial charge on any atom is 0.335 e. The lowest BCUT2D eigenvalue weighted by Gasteiger charge is -2.02. The fourth-order valence-electron chi connectivity index (χ4n) is 2.21. The molecule has 0 aliphatic rings. The predicted molar refractivity (Wildman–Crippen MR) is 130 cm³/mol. The summed E-state index contributed by atoms with van der Waals surface area (Å²) in [6.45, 7) is -0.611. The molecule has 35 heavy (non-hydrogen) atoms. The van der Waals surface area contributed by atoms with Crippen LogP contribution in [0.2, 0.25) is 0 Å². The first kappa shape index (κ1) is 32.8. The number of aromatic hydroxyl groups is 2. The number of aliphatic hydroxyl groups is 3. The molecule has 0 aliphatic carbocycles. The Bertz CT molecular complexity index is 991. The number of rotatable bonds is 4. The standard InChI is InChI=1S/C8H9NO3.C8H8O4.C6H7NO.CH4O.H3N/c9-7-2-1-5(8(11)12)3-6(7)4-10;9-4-6-3-5(8(11)12)1-2-7(6)10;7-5-3-1-2-4-6(5)8;1-2;/h1-3,10H,4,9H2,(H,11,12);1-3,9-10H,4H2,(H,11,12);1-4,8H,7H2;2H,1H3;1H3. The SMILES string of the molecule is CO.N.Nc1ccc(C(=O)O)cc1CO.Nc1ccccc1O.O=C(O)c1ccc(O)c(CO)c1. The van der Waals surface area contributed by atoms with Crippen LogP contribution in [0.1, 0.15) is 31.8 Å². The van der Waals surface area contributed by atoms with Crippen LogP contribution in [0, 0.1) is 0 Å². The molecular formula is C23H31N3O9. The average Bonchev–Trinajstić information content (AvgIpc) is 2.83. The number of anilines is 2. The minimum atomic E-state index is -1.08. The Hall–Kier alpha value is -4.36. The van der Waals surface area contributed by atoms with E-state index in [9.17, 15) is 9.59 Å². The molecule has 12 nitrogen and oxygen atoms in total. The zero-order valence-electron chi connectivity index (χ0n) is 19.0. The minimum absolute atomic E-state index is 0. The summed E-state index contributed by atoms with van der Waals surface area (Å²) in [5, 5.41) is 59.4. The Labute approximate surface area is 201 Å². The molecule has 14 N–H and O–H groups in total. The zero-order chi connectivity index (χ0) is 26.3. The number of phenols is 2. The summed E-state index contributed by atoms with van der Waals surface area (Å²) in [6, 6.07) is 14.7. The third-order valence-electron chi connectivity index (χ3n) is 3.99. The summed E-state index contributed by atoms with van der Waals surface area (Å²) in [5.41, 5.74) is 12.4. The molecule has 0 saturated carbocycles. The monoisotopic (exact) mass is 493 g/mol. The van der Waals surface area contributed by atoms with Crippen molar-refractivity contribution in [2.24, 2.45) is 0 Å². The van der Waals surface area contributed by atoms with Crippen LogP contribution in [0.25, 0.3) is 0 Å². The third-order valence-corrected chi connectivity index (χ3v) is 3.99. The van der Waals surface area contributed by atoms with Crippen molar-refractivity contribution in [1.29, 1.82) is 0 Å². The predicted octanol–water partition coefficient (Wildman–Crippen LogP) is 1.79. The lowest BCUT2D eigenvalue weighted by Crippen LogP contribution is -2.00. The second-order valence-electron chi connectivity index (χ2n) is 6.24. The molecule has 0 aliphatic heterocycles. The Kier molecular flexibility index (Phi) is 16.1. The fourth-order valence-corrected chi connectivity index (χ4v) is 2.21. The fraction of sp³-hybridized carbons (Fsp3) is 0.130. The number of carboxylic acid groups (broad SMARTS) is 2. The largest absolute Gasteiger partial charge is 0.508 e. The van der Waals surface area contributed by atoms with Gasteiger partial charge in [-0.3, -0.25) is 0 Å². The highest BCUT2D eigenvalue weighted by atomic mass is 16.4. The van der Waals surface area contributed by atoms with E-state index in [4.69, 9.17) is 47.2 Å². The number of hydrogen-bond donors (Lipinski definition) is 10. The lowest BCUT2D eigenvalue weighted by atomic mass is 10.1. The number of carbonyl (C=O) groups is 2. The van der Waals surface area contributed by atoms with Gasteiger partial charge in [0.05, 0.1) is 30.0 Å². The maximum absolute atomic E-state index is 10.5. The summed E-state index contributed by atoms with van der Waals surface area (Å²) < 4.78 is 0. The molecule has 12 heteroatoms. The molecule has 0 atom stereocenters. The Balaban J connectivity index is 0. The maximum atomic E-state index is 10.5. The molecule has 0 fully saturated rings. The first-order valence-electron chi connectivity index (χ1n) is 9.47. The smallest absolute Gasteiger partial charge is 0.335 e. The van der Waals surface area contributed by atoms with Crippen LogP contribution in [0.15, 0.2) is 60.7 Å². The second-order valence-corrected chi connectivity index (χ2v) is 6.24. The van der Waals surface area contributed by atoms with Crippen molar-refractivity contribution < 1.29 is 45.3 Å². The Morgan fingerprint density at radius 2 is 1.14 bits per heavy atom. The summed E-state index contributed by atoms with van der Waals surface area (Å²) in [4.78, 5) is 20.9. The van der Waals surface area contributed by atoms with Crippen molar-refractivity contribution in [1.82, 2.24) is 6.15 Å². The lowest BCUT2D eigenvalue weighted by molar-refractivity contribution is 0.0685. The van der Waals surface area contributed by atoms with Crippen LogP contribution < -0.4 is 17.6 Å². The van der Waals surface area contributed by atoms with Gasteiger partial charge in [0.1, 0.15) is 11.5 Å². The molecular weight excluding hydrogens is 462 g/mol. The van der Waals surface area contributed by atoms with E-state index in [2.05, 4.69) is 0 Å². The minimum Gasteiger partial charge on any atom is -0.508 e. The molecule has 0 unspecified atom stereocenters. The number of nitrogens with two attached hydrogens (primary N) is 2. The number of aromatic carboxylic acids is 2. The van der Waals surface area contributed by atoms with E-state index < -0.39 is 11.9 Å². The number of carboxylic acids is 2. The zero-order valence-corrected chi connectivity index (χ0v) is 19.0. The number of phenolic OH excluding ortho intramolecular Hbond substituents is 1. The summed E-state index contributed by atoms with van der Waals surface area (Å²) >= 11 is 0. The van der Waals surface area contributed by atoms with E-state index in [-0.39, 0.29) is 47.6 Å². The van der Waals surface area contributed by atoms with Gasteiger partial charge in [0.15, 0.2) is 0 Å². The van der Waals surface area contributed by atoms with Gasteiger partial charge in [-0.1, -0.05) is 12.1 Å². The highest BCUT2D eigenvalue weighted by Crippen LogP contribution is 2.18. The van der Waals surface area contributed by atoms with Crippen molar-refractivity contribution in [3.63, 3.8) is 0 Å². The van der Waals surface area contributed by atoms with Gasteiger partial charge < -0.3 is 53.4 Å². The van der Waals surface area contributed by atoms with Gasteiger partial charge in [-0.05, 0) is 48.5 Å². The van der Waals surface area contributed by atoms with Crippen molar-refractivity contribution in [3.05, 3.63) is 82.9 Å². The first-order chi connectivity index (χ1) is 16.1. The van der Waals surface area contributed by atoms with Gasteiger partial charge in [0, 0.05) is 23.9 Å². The average molecular weight is 494 g/mol. The van der Waals surface area contributed by atoms with Gasteiger partial charge in [0.25, 0.3) is 0 Å². The third kappa shape index (κ3) is 11.4. The molecule has 0 spiro atoms. The molecule has 0 radical (unpaired) electrons. The van der Waals surface area contributed by atoms with Crippen LogP contribution in [0.3, 0.4) is 0 Å². The van der Waals surface area contributed by atoms with Crippen LogP contribution >= 0.6 is 0 Å². The molecule has 192 valence electrons. The highest BCUT2D eigenvalue weighted by Gasteiger charge is 2.06. The molecule has 3 aromatic rings.